The number of ketones is 2. The first kappa shape index (κ1) is 51.6. The zero-order chi connectivity index (χ0) is 45.8. The number of carbonyl (C=O) groups excluding carboxylic acids is 2. The number of nitrogens with zero attached hydrogens (tertiary/aromatic N) is 4. The lowest BCUT2D eigenvalue weighted by Gasteiger charge is -2.11. The molecular weight excluding hydrogens is 893 g/mol. The topological polar surface area (TPSA) is 160 Å². The van der Waals surface area contributed by atoms with Gasteiger partial charge >= 0.3 is 0 Å². The summed E-state index contributed by atoms with van der Waals surface area (Å²) >= 11 is 13.0. The maximum Gasteiger partial charge on any atom is 0.206 e. The van der Waals surface area contributed by atoms with Gasteiger partial charge in [-0.3, -0.25) is 9.59 Å². The van der Waals surface area contributed by atoms with E-state index in [2.05, 4.69) is 34.7 Å². The van der Waals surface area contributed by atoms with Crippen LogP contribution in [0.1, 0.15) is 36.7 Å². The highest BCUT2D eigenvalue weighted by molar-refractivity contribution is 8.16. The predicted molar refractivity (Wildman–Crippen MR) is 262 cm³/mol. The van der Waals surface area contributed by atoms with E-state index in [4.69, 9.17) is 44.8 Å². The molecule has 332 valence electrons. The maximum absolute atomic E-state index is 13.8. The molecule has 1 heterocycles. The lowest BCUT2D eigenvalue weighted by atomic mass is 10.1. The van der Waals surface area contributed by atoms with E-state index in [-0.39, 0.29) is 39.5 Å². The van der Waals surface area contributed by atoms with Gasteiger partial charge in [0, 0.05) is 41.1 Å². The highest BCUT2D eigenvalue weighted by Gasteiger charge is 2.19. The van der Waals surface area contributed by atoms with Crippen molar-refractivity contribution >= 4 is 100 Å². The van der Waals surface area contributed by atoms with Crippen LogP contribution in [0.15, 0.2) is 89.9 Å². The Morgan fingerprint density at radius 1 is 0.855 bits per heavy atom. The molecule has 0 saturated heterocycles. The molecule has 1 aromatic heterocycles. The van der Waals surface area contributed by atoms with Crippen LogP contribution in [-0.4, -0.2) is 102 Å². The summed E-state index contributed by atoms with van der Waals surface area (Å²) in [7, 11) is 10.6. The number of aromatic nitrogens is 1. The number of rotatable bonds is 16. The number of thiocarbonyl (C=S) groups is 1. The number of amidine groups is 1. The molecule has 19 heteroatoms. The number of nitrogen functional groups attached to an aromatic ring is 1. The molecule has 0 aliphatic rings. The van der Waals surface area contributed by atoms with Crippen molar-refractivity contribution in [1.82, 2.24) is 14.8 Å². The van der Waals surface area contributed by atoms with Crippen LogP contribution in [0.25, 0.3) is 0 Å². The van der Waals surface area contributed by atoms with Crippen LogP contribution in [-0.2, 0) is 0 Å². The predicted octanol–water partition coefficient (Wildman–Crippen LogP) is 8.85. The van der Waals surface area contributed by atoms with E-state index in [1.165, 1.54) is 23.9 Å². The monoisotopic (exact) mass is 944 g/mol. The van der Waals surface area contributed by atoms with E-state index in [1.807, 2.05) is 81.6 Å². The summed E-state index contributed by atoms with van der Waals surface area (Å²) < 4.78 is 37.9. The van der Waals surface area contributed by atoms with E-state index >= 15 is 0 Å². The molecular formula is C43H52ClF2N8O4PS3. The van der Waals surface area contributed by atoms with Crippen LogP contribution in [0.5, 0.6) is 11.5 Å². The van der Waals surface area contributed by atoms with Crippen LogP contribution in [0.4, 0.5) is 31.1 Å². The molecule has 6 N–H and O–H groups in total. The summed E-state index contributed by atoms with van der Waals surface area (Å²) in [6, 6.07) is 23.7. The van der Waals surface area contributed by atoms with Gasteiger partial charge < -0.3 is 41.4 Å². The molecule has 0 amide bonds. The van der Waals surface area contributed by atoms with Crippen LogP contribution in [0.3, 0.4) is 0 Å². The number of aliphatic imine (C=N–C) groups is 1. The minimum Gasteiger partial charge on any atom is -0.492 e. The second-order valence-corrected chi connectivity index (χ2v) is 17.4. The van der Waals surface area contributed by atoms with Crippen LogP contribution < -0.4 is 31.6 Å². The minimum absolute atomic E-state index is 0.109. The average molecular weight is 946 g/mol. The highest BCUT2D eigenvalue weighted by Crippen LogP contribution is 2.30. The Hall–Kier alpha value is -4.74. The van der Waals surface area contributed by atoms with E-state index in [9.17, 15) is 18.4 Å². The number of carbonyl (C=O) groups is 2. The first-order chi connectivity index (χ1) is 29.5. The number of aryl methyl sites for hydroxylation is 2. The molecule has 12 nitrogen and oxygen atoms in total. The minimum atomic E-state index is -0.426. The number of anilines is 4. The third-order valence-electron chi connectivity index (χ3n) is 8.18. The van der Waals surface area contributed by atoms with Gasteiger partial charge in [-0.15, -0.1) is 20.8 Å². The molecule has 5 rings (SSSR count). The number of halogens is 3. The van der Waals surface area contributed by atoms with Gasteiger partial charge in [0.1, 0.15) is 47.0 Å². The Kier molecular flexibility index (Phi) is 22.2. The third kappa shape index (κ3) is 18.3. The van der Waals surface area contributed by atoms with E-state index in [0.29, 0.717) is 45.3 Å². The van der Waals surface area contributed by atoms with E-state index in [1.54, 1.807) is 38.1 Å². The molecule has 0 bridgehead atoms. The summed E-state index contributed by atoms with van der Waals surface area (Å²) in [4.78, 5) is 36.3. The summed E-state index contributed by atoms with van der Waals surface area (Å²) in [5, 5.41) is 7.43. The first-order valence-corrected chi connectivity index (χ1v) is 22.5. The fraction of sp³-hybridized carbons (Fsp3) is 0.279. The number of Topliss-reactive ketones (excluding diaryl/α,β-unsaturated/α-hetero) is 1. The summed E-state index contributed by atoms with van der Waals surface area (Å²) in [6.45, 7) is 6.26. The van der Waals surface area contributed by atoms with Crippen molar-refractivity contribution in [2.45, 2.75) is 13.8 Å². The van der Waals surface area contributed by atoms with Crippen molar-refractivity contribution in [3.63, 3.8) is 0 Å². The Bertz CT molecular complexity index is 2270. The average Bonchev–Trinajstić information content (AvgIpc) is 3.60. The van der Waals surface area contributed by atoms with Crippen LogP contribution in [0, 0.1) is 25.5 Å². The zero-order valence-corrected chi connectivity index (χ0v) is 39.7. The largest absolute Gasteiger partial charge is 0.492 e. The molecule has 0 aliphatic carbocycles. The zero-order valence-electron chi connectivity index (χ0n) is 35.3. The van der Waals surface area contributed by atoms with Crippen molar-refractivity contribution in [3.8, 4) is 11.5 Å². The van der Waals surface area contributed by atoms with E-state index < -0.39 is 5.82 Å². The van der Waals surface area contributed by atoms with Gasteiger partial charge in [-0.2, -0.15) is 4.99 Å². The molecule has 0 radical (unpaired) electrons. The Morgan fingerprint density at radius 3 is 1.84 bits per heavy atom. The number of thioether (sulfide) groups is 1. The van der Waals surface area contributed by atoms with Gasteiger partial charge in [0.15, 0.2) is 21.2 Å². The smallest absolute Gasteiger partial charge is 0.206 e. The lowest BCUT2D eigenvalue weighted by molar-refractivity contribution is 0.101. The summed E-state index contributed by atoms with van der Waals surface area (Å²) in [5.74, 6) is 0.210. The van der Waals surface area contributed by atoms with Crippen molar-refractivity contribution in [3.05, 3.63) is 124 Å². The third-order valence-corrected chi connectivity index (χ3v) is 10.7. The Balaban J connectivity index is 0.000000271. The molecule has 1 atom stereocenters. The fourth-order valence-corrected chi connectivity index (χ4v) is 6.84. The molecule has 1 unspecified atom stereocenters. The number of ether oxygens (including phenoxy) is 2. The molecule has 62 heavy (non-hydrogen) atoms. The number of likely N-dealkylation sites (N-methyl/N-ethyl adjacent to an activating group) is 2. The van der Waals surface area contributed by atoms with Crippen molar-refractivity contribution in [2.75, 3.05) is 82.2 Å². The molecule has 0 spiro atoms. The summed E-state index contributed by atoms with van der Waals surface area (Å²) in [6.07, 6.45) is 0. The molecule has 4 aromatic carbocycles. The van der Waals surface area contributed by atoms with Crippen molar-refractivity contribution in [2.24, 2.45) is 10.7 Å². The number of benzene rings is 4. The van der Waals surface area contributed by atoms with Gasteiger partial charge in [-0.25, -0.2) is 13.8 Å². The maximum atomic E-state index is 13.8. The normalized spacial score (nSPS) is 10.9. The van der Waals surface area contributed by atoms with Crippen LogP contribution in [0.2, 0.25) is 0 Å². The Morgan fingerprint density at radius 2 is 1.35 bits per heavy atom. The van der Waals surface area contributed by atoms with Crippen LogP contribution >= 0.6 is 56.2 Å². The molecule has 0 aliphatic heterocycles. The summed E-state index contributed by atoms with van der Waals surface area (Å²) in [5.41, 5.74) is 15.6. The number of thiazole rings is 1. The van der Waals surface area contributed by atoms with E-state index in [0.717, 1.165) is 52.8 Å². The van der Waals surface area contributed by atoms with Gasteiger partial charge in [-0.1, -0.05) is 47.4 Å². The highest BCUT2D eigenvalue weighted by atomic mass is 35.5. The van der Waals surface area contributed by atoms with Gasteiger partial charge in [0.25, 0.3) is 0 Å². The molecule has 0 fully saturated rings. The van der Waals surface area contributed by atoms with Gasteiger partial charge in [0.2, 0.25) is 5.78 Å². The first-order valence-electron chi connectivity index (χ1n) is 18.9. The number of alkyl halides is 1. The standard InChI is InChI=1S/C21H23FN4O2S.C13H21N4OPS2.C9H8ClFO/c1-13-4-5-14(12-17(13)22)18(27)19-20(23)25-21(29-19)24-15-6-8-16(9-7-15)28-11-10-26(2)3;1-17(2)7-8-18-11-5-3-10(4-6-11)15-13(20)16-12(14)21-9-19;1-6-2-3-7(4-8(6)11)9(12)5-10/h4-9,12H,10-11,23H2,1-3H3,(H,24,25);3-6H,7-9,19H2,1-2H3,(H3,14,15,16,20);2-4H,5H2,1H3. The Labute approximate surface area is 383 Å². The number of hydrogen-bond donors (Lipinski definition) is 4. The number of nitrogens with two attached hydrogens (primary N) is 2. The van der Waals surface area contributed by atoms with Gasteiger partial charge in [0.05, 0.1) is 5.88 Å². The number of nitrogens with one attached hydrogen (secondary N) is 2. The molecule has 0 saturated carbocycles. The SMILES string of the molecule is CN(C)CCOc1ccc(NC(=S)N=C(N)SCP)cc1.Cc1ccc(C(=O)CCl)cc1F.Cc1ccc(C(=O)c2sc(Nc3ccc(OCCN(C)C)cc3)nc2N)cc1F. The van der Waals surface area contributed by atoms with Crippen molar-refractivity contribution in [1.29, 1.82) is 0 Å². The molecule has 5 aromatic rings. The van der Waals surface area contributed by atoms with Crippen molar-refractivity contribution < 1.29 is 27.8 Å². The second kappa shape index (κ2) is 26.7. The quantitative estimate of drug-likeness (QED) is 0.0186. The van der Waals surface area contributed by atoms with Gasteiger partial charge in [-0.05, 0) is 126 Å². The number of hydrogen-bond acceptors (Lipinski definition) is 12. The second-order valence-electron chi connectivity index (χ2n) is 13.7. The lowest BCUT2D eigenvalue weighted by Crippen LogP contribution is -2.19. The fourth-order valence-electron chi connectivity index (χ4n) is 4.71.